The molecule has 23 heavy (non-hydrogen) atoms. The van der Waals surface area contributed by atoms with Gasteiger partial charge in [-0.15, -0.1) is 5.10 Å². The van der Waals surface area contributed by atoms with Crippen molar-refractivity contribution < 1.29 is 9.90 Å². The predicted molar refractivity (Wildman–Crippen MR) is 88.9 cm³/mol. The summed E-state index contributed by atoms with van der Waals surface area (Å²) in [6, 6.07) is 4.27. The summed E-state index contributed by atoms with van der Waals surface area (Å²) in [6.07, 6.45) is 3.26. The van der Waals surface area contributed by atoms with Crippen LogP contribution in [0.25, 0.3) is 5.82 Å². The predicted octanol–water partition coefficient (Wildman–Crippen LogP) is 2.45. The standard InChI is InChI=1S/C15H20ClN5O2/c1-15(2,3)11(9-22)18-14(23)19-12-6-8-21(20-12)13-10(16)5-4-7-17-13/h4-8,11,22H,9H2,1-3H3,(H2,18,19,20,23)/t11-/m1/s1. The number of aromatic nitrogens is 3. The molecule has 0 aliphatic carbocycles. The van der Waals surface area contributed by atoms with Crippen LogP contribution >= 0.6 is 11.6 Å². The molecule has 0 radical (unpaired) electrons. The smallest absolute Gasteiger partial charge is 0.320 e. The Bertz CT molecular complexity index is 681. The van der Waals surface area contributed by atoms with Crippen LogP contribution in [0, 0.1) is 5.41 Å². The first-order valence-electron chi connectivity index (χ1n) is 7.16. The van der Waals surface area contributed by atoms with Gasteiger partial charge < -0.3 is 10.4 Å². The minimum Gasteiger partial charge on any atom is -0.394 e. The topological polar surface area (TPSA) is 92.1 Å². The third-order valence-electron chi connectivity index (χ3n) is 3.32. The van der Waals surface area contributed by atoms with E-state index in [9.17, 15) is 9.90 Å². The highest BCUT2D eigenvalue weighted by Gasteiger charge is 2.25. The fraction of sp³-hybridized carbons (Fsp3) is 0.400. The largest absolute Gasteiger partial charge is 0.394 e. The van der Waals surface area contributed by atoms with Crippen molar-refractivity contribution in [3.63, 3.8) is 0 Å². The van der Waals surface area contributed by atoms with Crippen molar-refractivity contribution >= 4 is 23.4 Å². The number of urea groups is 1. The lowest BCUT2D eigenvalue weighted by Gasteiger charge is -2.29. The number of halogens is 1. The van der Waals surface area contributed by atoms with Crippen molar-refractivity contribution in [1.29, 1.82) is 0 Å². The Morgan fingerprint density at radius 1 is 1.43 bits per heavy atom. The van der Waals surface area contributed by atoms with Crippen LogP contribution in [-0.4, -0.2) is 38.6 Å². The number of carbonyl (C=O) groups excluding carboxylic acids is 1. The zero-order valence-corrected chi connectivity index (χ0v) is 14.0. The molecule has 2 aromatic heterocycles. The van der Waals surface area contributed by atoms with Crippen LogP contribution in [0.1, 0.15) is 20.8 Å². The first-order valence-corrected chi connectivity index (χ1v) is 7.54. The van der Waals surface area contributed by atoms with Crippen molar-refractivity contribution in [2.75, 3.05) is 11.9 Å². The lowest BCUT2D eigenvalue weighted by molar-refractivity contribution is 0.162. The van der Waals surface area contributed by atoms with Crippen LogP contribution < -0.4 is 10.6 Å². The Balaban J connectivity index is 2.05. The molecule has 2 aromatic rings. The number of hydrogen-bond donors (Lipinski definition) is 3. The summed E-state index contributed by atoms with van der Waals surface area (Å²) in [5.74, 6) is 0.834. The number of anilines is 1. The molecule has 0 aromatic carbocycles. The average molecular weight is 338 g/mol. The number of hydrogen-bond acceptors (Lipinski definition) is 4. The summed E-state index contributed by atoms with van der Waals surface area (Å²) in [5, 5.41) is 19.4. The van der Waals surface area contributed by atoms with Gasteiger partial charge in [0.25, 0.3) is 0 Å². The number of aliphatic hydroxyl groups excluding tert-OH is 1. The Labute approximate surface area is 139 Å². The molecule has 3 N–H and O–H groups in total. The van der Waals surface area contributed by atoms with E-state index in [1.54, 1.807) is 30.6 Å². The van der Waals surface area contributed by atoms with E-state index in [2.05, 4.69) is 20.7 Å². The zero-order valence-electron chi connectivity index (χ0n) is 13.2. The van der Waals surface area contributed by atoms with E-state index in [4.69, 9.17) is 11.6 Å². The lowest BCUT2D eigenvalue weighted by Crippen LogP contribution is -2.47. The number of nitrogens with zero attached hydrogens (tertiary/aromatic N) is 3. The van der Waals surface area contributed by atoms with Gasteiger partial charge in [0.15, 0.2) is 11.6 Å². The van der Waals surface area contributed by atoms with Crippen LogP contribution in [0.15, 0.2) is 30.6 Å². The summed E-state index contributed by atoms with van der Waals surface area (Å²) in [6.45, 7) is 5.67. The molecule has 1 atom stereocenters. The van der Waals surface area contributed by atoms with E-state index in [1.807, 2.05) is 20.8 Å². The molecule has 7 nitrogen and oxygen atoms in total. The number of amides is 2. The Kier molecular flexibility index (Phi) is 5.23. The van der Waals surface area contributed by atoms with Gasteiger partial charge in [-0.05, 0) is 17.5 Å². The normalized spacial score (nSPS) is 12.7. The van der Waals surface area contributed by atoms with E-state index < -0.39 is 6.03 Å². The highest BCUT2D eigenvalue weighted by Crippen LogP contribution is 2.19. The monoisotopic (exact) mass is 337 g/mol. The third kappa shape index (κ3) is 4.43. The van der Waals surface area contributed by atoms with Crippen molar-refractivity contribution in [1.82, 2.24) is 20.1 Å². The molecule has 0 saturated carbocycles. The molecule has 0 saturated heterocycles. The SMILES string of the molecule is CC(C)(C)[C@@H](CO)NC(=O)Nc1ccn(-c2ncccc2Cl)n1. The van der Waals surface area contributed by atoms with E-state index >= 15 is 0 Å². The quantitative estimate of drug-likeness (QED) is 0.799. The zero-order chi connectivity index (χ0) is 17.0. The van der Waals surface area contributed by atoms with Crippen molar-refractivity contribution in [3.05, 3.63) is 35.6 Å². The van der Waals surface area contributed by atoms with Gasteiger partial charge in [0.1, 0.15) is 0 Å². The molecule has 0 bridgehead atoms. The Morgan fingerprint density at radius 3 is 2.78 bits per heavy atom. The van der Waals surface area contributed by atoms with Gasteiger partial charge in [-0.3, -0.25) is 5.32 Å². The summed E-state index contributed by atoms with van der Waals surface area (Å²) in [5.41, 5.74) is -0.257. The second-order valence-electron chi connectivity index (χ2n) is 6.15. The molecular weight excluding hydrogens is 318 g/mol. The van der Waals surface area contributed by atoms with Crippen LogP contribution in [0.5, 0.6) is 0 Å². The maximum Gasteiger partial charge on any atom is 0.320 e. The van der Waals surface area contributed by atoms with Crippen LogP contribution in [0.4, 0.5) is 10.6 Å². The van der Waals surface area contributed by atoms with Crippen molar-refractivity contribution in [3.8, 4) is 5.82 Å². The number of rotatable bonds is 4. The summed E-state index contributed by atoms with van der Waals surface area (Å²) < 4.78 is 1.48. The molecular formula is C15H20ClN5O2. The maximum atomic E-state index is 12.0. The van der Waals surface area contributed by atoms with E-state index in [-0.39, 0.29) is 18.1 Å². The fourth-order valence-electron chi connectivity index (χ4n) is 1.90. The minimum absolute atomic E-state index is 0.144. The van der Waals surface area contributed by atoms with Gasteiger partial charge in [-0.1, -0.05) is 32.4 Å². The molecule has 0 spiro atoms. The molecule has 0 aliphatic rings. The first kappa shape index (κ1) is 17.2. The van der Waals surface area contributed by atoms with Gasteiger partial charge in [0.2, 0.25) is 0 Å². The van der Waals surface area contributed by atoms with Gasteiger partial charge in [0, 0.05) is 18.5 Å². The van der Waals surface area contributed by atoms with E-state index in [0.717, 1.165) is 0 Å². The van der Waals surface area contributed by atoms with Gasteiger partial charge in [0.05, 0.1) is 17.7 Å². The summed E-state index contributed by atoms with van der Waals surface area (Å²) in [4.78, 5) is 16.2. The molecule has 2 rings (SSSR count). The summed E-state index contributed by atoms with van der Waals surface area (Å²) >= 11 is 6.06. The Morgan fingerprint density at radius 2 is 2.17 bits per heavy atom. The molecule has 124 valence electrons. The molecule has 2 heterocycles. The Hall–Kier alpha value is -2.12. The van der Waals surface area contributed by atoms with Crippen LogP contribution in [0.2, 0.25) is 5.02 Å². The number of nitrogens with one attached hydrogen (secondary N) is 2. The highest BCUT2D eigenvalue weighted by atomic mass is 35.5. The number of pyridine rings is 1. The van der Waals surface area contributed by atoms with Gasteiger partial charge in [-0.25, -0.2) is 14.5 Å². The van der Waals surface area contributed by atoms with E-state index in [0.29, 0.717) is 16.7 Å². The van der Waals surface area contributed by atoms with Crippen molar-refractivity contribution in [2.24, 2.45) is 5.41 Å². The van der Waals surface area contributed by atoms with Crippen molar-refractivity contribution in [2.45, 2.75) is 26.8 Å². The van der Waals surface area contributed by atoms with Crippen LogP contribution in [-0.2, 0) is 0 Å². The molecule has 0 fully saturated rings. The molecule has 0 unspecified atom stereocenters. The fourth-order valence-corrected chi connectivity index (χ4v) is 2.11. The van der Waals surface area contributed by atoms with Gasteiger partial charge in [-0.2, -0.15) is 0 Å². The van der Waals surface area contributed by atoms with E-state index in [1.165, 1.54) is 4.68 Å². The first-order chi connectivity index (χ1) is 10.8. The van der Waals surface area contributed by atoms with Gasteiger partial charge >= 0.3 is 6.03 Å². The maximum absolute atomic E-state index is 12.0. The third-order valence-corrected chi connectivity index (χ3v) is 3.62. The second-order valence-corrected chi connectivity index (χ2v) is 6.56. The highest BCUT2D eigenvalue weighted by molar-refractivity contribution is 6.32. The second kappa shape index (κ2) is 6.97. The lowest BCUT2D eigenvalue weighted by atomic mass is 9.87. The average Bonchev–Trinajstić information content (AvgIpc) is 2.92. The number of aliphatic hydroxyl groups is 1. The summed E-state index contributed by atoms with van der Waals surface area (Å²) in [7, 11) is 0. The minimum atomic E-state index is -0.434. The molecule has 8 heteroatoms. The molecule has 2 amide bonds. The molecule has 0 aliphatic heterocycles. The number of carbonyl (C=O) groups is 1. The van der Waals surface area contributed by atoms with Crippen LogP contribution in [0.3, 0.4) is 0 Å².